The van der Waals surface area contributed by atoms with Gasteiger partial charge in [0, 0.05) is 26.1 Å². The highest BCUT2D eigenvalue weighted by Crippen LogP contribution is 2.29. The Bertz CT molecular complexity index is 880. The number of hydrogen-bond acceptors (Lipinski definition) is 6. The van der Waals surface area contributed by atoms with E-state index in [1.165, 1.54) is 5.56 Å². The van der Waals surface area contributed by atoms with Crippen LogP contribution in [-0.4, -0.2) is 55.4 Å². The monoisotopic (exact) mass is 439 g/mol. The topological polar surface area (TPSA) is 57.2 Å². The van der Waals surface area contributed by atoms with Crippen molar-refractivity contribution in [3.63, 3.8) is 0 Å². The van der Waals surface area contributed by atoms with Gasteiger partial charge < -0.3 is 18.9 Å². The standard InChI is InChI=1S/C26H33NO5/c1-26(2,3)32-25(28)12-13-27-14-15-29-24(17-27)19-8-10-21(11-9-19)30-18-22-16-20-6-4-5-7-23(20)31-22/h4-11,22,24H,12-18H2,1-3H3. The van der Waals surface area contributed by atoms with E-state index in [0.717, 1.165) is 36.6 Å². The lowest BCUT2D eigenvalue weighted by Crippen LogP contribution is -2.39. The molecule has 0 N–H and O–H groups in total. The number of esters is 1. The number of para-hydroxylation sites is 1. The summed E-state index contributed by atoms with van der Waals surface area (Å²) in [6, 6.07) is 16.2. The third kappa shape index (κ3) is 6.24. The molecule has 0 radical (unpaired) electrons. The summed E-state index contributed by atoms with van der Waals surface area (Å²) < 4.78 is 23.3. The molecule has 0 saturated carbocycles. The predicted octanol–water partition coefficient (Wildman–Crippen LogP) is 4.17. The second-order valence-electron chi connectivity index (χ2n) is 9.43. The molecule has 0 aliphatic carbocycles. The summed E-state index contributed by atoms with van der Waals surface area (Å²) in [7, 11) is 0. The second kappa shape index (κ2) is 9.92. The Balaban J connectivity index is 1.23. The van der Waals surface area contributed by atoms with E-state index in [9.17, 15) is 4.79 Å². The van der Waals surface area contributed by atoms with Gasteiger partial charge in [-0.05, 0) is 50.1 Å². The summed E-state index contributed by atoms with van der Waals surface area (Å²) in [6.07, 6.45) is 1.31. The number of ether oxygens (including phenoxy) is 4. The number of morpholine rings is 1. The molecule has 0 bridgehead atoms. The Hall–Kier alpha value is -2.57. The largest absolute Gasteiger partial charge is 0.490 e. The van der Waals surface area contributed by atoms with Crippen molar-refractivity contribution < 1.29 is 23.7 Å². The van der Waals surface area contributed by atoms with Gasteiger partial charge in [-0.15, -0.1) is 0 Å². The minimum absolute atomic E-state index is 0.0101. The highest BCUT2D eigenvalue weighted by Gasteiger charge is 2.25. The SMILES string of the molecule is CC(C)(C)OC(=O)CCN1CCOC(c2ccc(OCC3Cc4ccccc4O3)cc2)C1. The van der Waals surface area contributed by atoms with Gasteiger partial charge in [-0.25, -0.2) is 0 Å². The van der Waals surface area contributed by atoms with Crippen LogP contribution in [-0.2, 0) is 20.7 Å². The number of carbonyl (C=O) groups is 1. The molecule has 2 heterocycles. The first-order valence-electron chi connectivity index (χ1n) is 11.4. The van der Waals surface area contributed by atoms with Gasteiger partial charge in [-0.2, -0.15) is 0 Å². The molecular formula is C26H33NO5. The fourth-order valence-corrected chi connectivity index (χ4v) is 4.06. The molecule has 1 saturated heterocycles. The summed E-state index contributed by atoms with van der Waals surface area (Å²) in [5.41, 5.74) is 1.91. The molecule has 6 nitrogen and oxygen atoms in total. The average molecular weight is 440 g/mol. The van der Waals surface area contributed by atoms with Gasteiger partial charge in [0.2, 0.25) is 0 Å². The van der Waals surface area contributed by atoms with Crippen molar-refractivity contribution in [2.75, 3.05) is 32.8 Å². The number of fused-ring (bicyclic) bond motifs is 1. The van der Waals surface area contributed by atoms with Gasteiger partial charge in [0.25, 0.3) is 0 Å². The fraction of sp³-hybridized carbons (Fsp3) is 0.500. The Morgan fingerprint density at radius 1 is 1.12 bits per heavy atom. The zero-order valence-corrected chi connectivity index (χ0v) is 19.2. The van der Waals surface area contributed by atoms with Crippen LogP contribution in [0.4, 0.5) is 0 Å². The van der Waals surface area contributed by atoms with Crippen LogP contribution in [0.5, 0.6) is 11.5 Å². The van der Waals surface area contributed by atoms with E-state index in [4.69, 9.17) is 18.9 Å². The minimum atomic E-state index is -0.442. The Morgan fingerprint density at radius 3 is 2.66 bits per heavy atom. The third-order valence-corrected chi connectivity index (χ3v) is 5.60. The summed E-state index contributed by atoms with van der Waals surface area (Å²) in [5.74, 6) is 1.63. The van der Waals surface area contributed by atoms with E-state index in [0.29, 0.717) is 26.2 Å². The van der Waals surface area contributed by atoms with Crippen molar-refractivity contribution in [1.82, 2.24) is 4.90 Å². The first kappa shape index (κ1) is 22.6. The summed E-state index contributed by atoms with van der Waals surface area (Å²) in [6.45, 7) is 9.11. The highest BCUT2D eigenvalue weighted by atomic mass is 16.6. The van der Waals surface area contributed by atoms with E-state index < -0.39 is 5.60 Å². The lowest BCUT2D eigenvalue weighted by atomic mass is 10.1. The Labute approximate surface area is 190 Å². The van der Waals surface area contributed by atoms with E-state index in [-0.39, 0.29) is 18.2 Å². The van der Waals surface area contributed by atoms with Crippen LogP contribution in [0.25, 0.3) is 0 Å². The zero-order chi connectivity index (χ0) is 22.6. The van der Waals surface area contributed by atoms with E-state index >= 15 is 0 Å². The van der Waals surface area contributed by atoms with Crippen molar-refractivity contribution in [3.8, 4) is 11.5 Å². The molecule has 0 aromatic heterocycles. The maximum absolute atomic E-state index is 12.0. The molecule has 2 aromatic carbocycles. The summed E-state index contributed by atoms with van der Waals surface area (Å²) in [4.78, 5) is 14.3. The number of nitrogens with zero attached hydrogens (tertiary/aromatic N) is 1. The van der Waals surface area contributed by atoms with Crippen molar-refractivity contribution in [3.05, 3.63) is 59.7 Å². The van der Waals surface area contributed by atoms with Crippen LogP contribution in [0.1, 0.15) is 44.4 Å². The van der Waals surface area contributed by atoms with Crippen molar-refractivity contribution in [2.24, 2.45) is 0 Å². The van der Waals surface area contributed by atoms with Crippen LogP contribution >= 0.6 is 0 Å². The molecule has 4 rings (SSSR count). The molecule has 2 aliphatic rings. The van der Waals surface area contributed by atoms with Crippen molar-refractivity contribution >= 4 is 5.97 Å². The smallest absolute Gasteiger partial charge is 0.307 e. The zero-order valence-electron chi connectivity index (χ0n) is 19.2. The molecule has 2 aliphatic heterocycles. The van der Waals surface area contributed by atoms with Crippen molar-refractivity contribution in [2.45, 2.75) is 51.4 Å². The van der Waals surface area contributed by atoms with Gasteiger partial charge in [0.1, 0.15) is 29.8 Å². The maximum atomic E-state index is 12.0. The molecule has 1 fully saturated rings. The maximum Gasteiger partial charge on any atom is 0.307 e. The second-order valence-corrected chi connectivity index (χ2v) is 9.43. The lowest BCUT2D eigenvalue weighted by molar-refractivity contribution is -0.155. The van der Waals surface area contributed by atoms with Gasteiger partial charge in [-0.1, -0.05) is 30.3 Å². The Kier molecular flexibility index (Phi) is 7.01. The van der Waals surface area contributed by atoms with E-state index in [1.54, 1.807) is 0 Å². The van der Waals surface area contributed by atoms with Gasteiger partial charge in [0.05, 0.1) is 19.1 Å². The quantitative estimate of drug-likeness (QED) is 0.604. The minimum Gasteiger partial charge on any atom is -0.490 e. The molecule has 172 valence electrons. The molecule has 2 aromatic rings. The summed E-state index contributed by atoms with van der Waals surface area (Å²) in [5, 5.41) is 0. The van der Waals surface area contributed by atoms with Crippen LogP contribution in [0.3, 0.4) is 0 Å². The van der Waals surface area contributed by atoms with Crippen LogP contribution in [0.2, 0.25) is 0 Å². The van der Waals surface area contributed by atoms with Crippen molar-refractivity contribution in [1.29, 1.82) is 0 Å². The van der Waals surface area contributed by atoms with Gasteiger partial charge in [0.15, 0.2) is 0 Å². The van der Waals surface area contributed by atoms with Gasteiger partial charge >= 0.3 is 5.97 Å². The van der Waals surface area contributed by atoms with E-state index in [2.05, 4.69) is 23.1 Å². The number of rotatable bonds is 7. The normalized spacial score (nSPS) is 21.0. The number of hydrogen-bond donors (Lipinski definition) is 0. The van der Waals surface area contributed by atoms with Crippen LogP contribution in [0.15, 0.2) is 48.5 Å². The Morgan fingerprint density at radius 2 is 1.91 bits per heavy atom. The van der Waals surface area contributed by atoms with E-state index in [1.807, 2.05) is 51.1 Å². The predicted molar refractivity (Wildman–Crippen MR) is 122 cm³/mol. The molecule has 32 heavy (non-hydrogen) atoms. The molecular weight excluding hydrogens is 406 g/mol. The third-order valence-electron chi connectivity index (χ3n) is 5.60. The molecule has 2 unspecified atom stereocenters. The van der Waals surface area contributed by atoms with Gasteiger partial charge in [-0.3, -0.25) is 9.69 Å². The highest BCUT2D eigenvalue weighted by molar-refractivity contribution is 5.70. The molecule has 2 atom stereocenters. The summed E-state index contributed by atoms with van der Waals surface area (Å²) >= 11 is 0. The lowest BCUT2D eigenvalue weighted by Gasteiger charge is -2.33. The molecule has 6 heteroatoms. The number of carbonyl (C=O) groups excluding carboxylic acids is 1. The van der Waals surface area contributed by atoms with Crippen LogP contribution in [0, 0.1) is 0 Å². The average Bonchev–Trinajstić information content (AvgIpc) is 3.19. The van der Waals surface area contributed by atoms with Crippen LogP contribution < -0.4 is 9.47 Å². The first-order valence-corrected chi connectivity index (χ1v) is 11.4. The number of benzene rings is 2. The molecule has 0 spiro atoms. The molecule has 0 amide bonds. The first-order chi connectivity index (χ1) is 15.4. The fourth-order valence-electron chi connectivity index (χ4n) is 4.06.